The molecule has 0 radical (unpaired) electrons. The van der Waals surface area contributed by atoms with Crippen LogP contribution in [0.4, 0.5) is 0 Å². The normalized spacial score (nSPS) is 19.4. The van der Waals surface area contributed by atoms with E-state index in [4.69, 9.17) is 9.47 Å². The molecule has 0 aromatic carbocycles. The van der Waals surface area contributed by atoms with Gasteiger partial charge in [0.05, 0.1) is 6.54 Å². The zero-order chi connectivity index (χ0) is 11.6. The fourth-order valence-electron chi connectivity index (χ4n) is 1.23. The third-order valence-electron chi connectivity index (χ3n) is 2.04. The standard InChI is InChI=1S/C9H11NO4S2/c1-2-16(11,12)10-3-7-4-13-8-5-15-6-9(8)14-7/h2,5-7,10H,1,3-4H2. The van der Waals surface area contributed by atoms with Gasteiger partial charge in [-0.15, -0.1) is 11.3 Å². The number of rotatable bonds is 4. The molecule has 1 N–H and O–H groups in total. The maximum atomic E-state index is 11.1. The molecule has 0 bridgehead atoms. The molecule has 1 unspecified atom stereocenters. The van der Waals surface area contributed by atoms with Gasteiger partial charge >= 0.3 is 0 Å². The average molecular weight is 261 g/mol. The van der Waals surface area contributed by atoms with Crippen molar-refractivity contribution in [3.05, 3.63) is 22.7 Å². The van der Waals surface area contributed by atoms with E-state index < -0.39 is 10.0 Å². The highest BCUT2D eigenvalue weighted by atomic mass is 32.2. The highest BCUT2D eigenvalue weighted by Crippen LogP contribution is 2.35. The van der Waals surface area contributed by atoms with Crippen LogP contribution in [0.2, 0.25) is 0 Å². The molecule has 0 saturated heterocycles. The van der Waals surface area contributed by atoms with Crippen LogP contribution >= 0.6 is 11.3 Å². The predicted molar refractivity (Wildman–Crippen MR) is 61.3 cm³/mol. The van der Waals surface area contributed by atoms with Gasteiger partial charge in [-0.05, 0) is 0 Å². The molecule has 1 aliphatic rings. The molecule has 0 amide bonds. The van der Waals surface area contributed by atoms with Crippen LogP contribution in [0.1, 0.15) is 0 Å². The number of sulfonamides is 1. The van der Waals surface area contributed by atoms with E-state index in [-0.39, 0.29) is 12.6 Å². The maximum absolute atomic E-state index is 11.1. The van der Waals surface area contributed by atoms with E-state index in [1.54, 1.807) is 0 Å². The number of fused-ring (bicyclic) bond motifs is 1. The van der Waals surface area contributed by atoms with Crippen LogP contribution in [0.25, 0.3) is 0 Å². The van der Waals surface area contributed by atoms with Gasteiger partial charge in [0.25, 0.3) is 0 Å². The summed E-state index contributed by atoms with van der Waals surface area (Å²) in [5, 5.41) is 4.54. The van der Waals surface area contributed by atoms with Gasteiger partial charge in [-0.1, -0.05) is 6.58 Å². The minimum Gasteiger partial charge on any atom is -0.485 e. The Kier molecular flexibility index (Phi) is 3.17. The van der Waals surface area contributed by atoms with Gasteiger partial charge in [0, 0.05) is 16.2 Å². The fraction of sp³-hybridized carbons (Fsp3) is 0.333. The summed E-state index contributed by atoms with van der Waals surface area (Å²) in [5.41, 5.74) is 0. The lowest BCUT2D eigenvalue weighted by molar-refractivity contribution is 0.0958. The van der Waals surface area contributed by atoms with Crippen LogP contribution in [-0.2, 0) is 10.0 Å². The monoisotopic (exact) mass is 261 g/mol. The van der Waals surface area contributed by atoms with Gasteiger partial charge in [-0.3, -0.25) is 0 Å². The molecular weight excluding hydrogens is 250 g/mol. The molecule has 5 nitrogen and oxygen atoms in total. The van der Waals surface area contributed by atoms with Crippen molar-refractivity contribution in [2.45, 2.75) is 6.10 Å². The van der Waals surface area contributed by atoms with Crippen molar-refractivity contribution in [1.82, 2.24) is 4.72 Å². The minimum atomic E-state index is -3.40. The van der Waals surface area contributed by atoms with E-state index in [0.29, 0.717) is 18.1 Å². The molecule has 16 heavy (non-hydrogen) atoms. The van der Waals surface area contributed by atoms with E-state index in [1.165, 1.54) is 11.3 Å². The molecule has 2 rings (SSSR count). The van der Waals surface area contributed by atoms with Crippen molar-refractivity contribution in [3.63, 3.8) is 0 Å². The van der Waals surface area contributed by atoms with Crippen molar-refractivity contribution >= 4 is 21.4 Å². The summed E-state index contributed by atoms with van der Waals surface area (Å²) in [6, 6.07) is 0. The quantitative estimate of drug-likeness (QED) is 0.876. The number of hydrogen-bond donors (Lipinski definition) is 1. The number of nitrogens with one attached hydrogen (secondary N) is 1. The van der Waals surface area contributed by atoms with E-state index >= 15 is 0 Å². The van der Waals surface area contributed by atoms with Crippen LogP contribution in [0, 0.1) is 0 Å². The lowest BCUT2D eigenvalue weighted by Gasteiger charge is -2.24. The van der Waals surface area contributed by atoms with Crippen LogP contribution in [0.3, 0.4) is 0 Å². The van der Waals surface area contributed by atoms with E-state index in [1.807, 2.05) is 10.8 Å². The van der Waals surface area contributed by atoms with Gasteiger partial charge in [-0.2, -0.15) is 0 Å². The first kappa shape index (κ1) is 11.4. The summed E-state index contributed by atoms with van der Waals surface area (Å²) in [6.45, 7) is 3.71. The second kappa shape index (κ2) is 4.44. The third-order valence-corrected chi connectivity index (χ3v) is 3.75. The summed E-state index contributed by atoms with van der Waals surface area (Å²) in [4.78, 5) is 0. The summed E-state index contributed by atoms with van der Waals surface area (Å²) >= 11 is 1.48. The first-order valence-corrected chi connectivity index (χ1v) is 7.07. The smallest absolute Gasteiger partial charge is 0.233 e. The van der Waals surface area contributed by atoms with Crippen LogP contribution in [-0.4, -0.2) is 27.7 Å². The summed E-state index contributed by atoms with van der Waals surface area (Å²) < 4.78 is 35.5. The first-order chi connectivity index (χ1) is 7.61. The molecule has 1 aromatic rings. The maximum Gasteiger partial charge on any atom is 0.233 e. The molecule has 0 aliphatic carbocycles. The lowest BCUT2D eigenvalue weighted by Crippen LogP contribution is -2.39. The zero-order valence-electron chi connectivity index (χ0n) is 8.38. The summed E-state index contributed by atoms with van der Waals surface area (Å²) in [7, 11) is -3.40. The topological polar surface area (TPSA) is 64.6 Å². The SMILES string of the molecule is C=CS(=O)(=O)NCC1COc2cscc2O1. The molecule has 0 spiro atoms. The third kappa shape index (κ3) is 2.55. The van der Waals surface area contributed by atoms with Crippen LogP contribution in [0.5, 0.6) is 11.5 Å². The van der Waals surface area contributed by atoms with E-state index in [9.17, 15) is 8.42 Å². The molecule has 0 saturated carbocycles. The Morgan fingerprint density at radius 3 is 3.06 bits per heavy atom. The Hall–Kier alpha value is -1.05. The van der Waals surface area contributed by atoms with Crippen LogP contribution in [0.15, 0.2) is 22.7 Å². The van der Waals surface area contributed by atoms with Crippen molar-refractivity contribution in [1.29, 1.82) is 0 Å². The Balaban J connectivity index is 1.93. The van der Waals surface area contributed by atoms with Crippen molar-refractivity contribution in [2.75, 3.05) is 13.2 Å². The van der Waals surface area contributed by atoms with Crippen molar-refractivity contribution in [2.24, 2.45) is 0 Å². The Morgan fingerprint density at radius 2 is 2.31 bits per heavy atom. The molecule has 1 atom stereocenters. The second-order valence-corrected chi connectivity index (χ2v) is 5.67. The largest absolute Gasteiger partial charge is 0.485 e. The minimum absolute atomic E-state index is 0.170. The molecule has 88 valence electrons. The van der Waals surface area contributed by atoms with Crippen molar-refractivity contribution in [3.8, 4) is 11.5 Å². The van der Waals surface area contributed by atoms with Gasteiger partial charge in [0.2, 0.25) is 10.0 Å². The molecule has 7 heteroatoms. The second-order valence-electron chi connectivity index (χ2n) is 3.21. The summed E-state index contributed by atoms with van der Waals surface area (Å²) in [5.74, 6) is 1.38. The predicted octanol–water partition coefficient (Wildman–Crippen LogP) is 0.951. The number of ether oxygens (including phenoxy) is 2. The van der Waals surface area contributed by atoms with Gasteiger partial charge in [0.1, 0.15) is 12.7 Å². The highest BCUT2D eigenvalue weighted by molar-refractivity contribution is 7.92. The van der Waals surface area contributed by atoms with E-state index in [0.717, 1.165) is 5.41 Å². The Morgan fingerprint density at radius 1 is 1.56 bits per heavy atom. The molecule has 2 heterocycles. The zero-order valence-corrected chi connectivity index (χ0v) is 10.0. The molecule has 1 aliphatic heterocycles. The first-order valence-electron chi connectivity index (χ1n) is 4.58. The van der Waals surface area contributed by atoms with Gasteiger partial charge < -0.3 is 9.47 Å². The van der Waals surface area contributed by atoms with Crippen LogP contribution < -0.4 is 14.2 Å². The summed E-state index contributed by atoms with van der Waals surface area (Å²) in [6.07, 6.45) is -0.308. The molecule has 1 aromatic heterocycles. The Bertz CT molecular complexity index is 479. The molecular formula is C9H11NO4S2. The fourth-order valence-corrected chi connectivity index (χ4v) is 2.44. The lowest BCUT2D eigenvalue weighted by atomic mass is 10.3. The average Bonchev–Trinajstić information content (AvgIpc) is 2.73. The number of hydrogen-bond acceptors (Lipinski definition) is 5. The Labute approximate surface area is 97.7 Å². The number of thiophene rings is 1. The van der Waals surface area contributed by atoms with Gasteiger partial charge in [-0.25, -0.2) is 13.1 Å². The molecule has 0 fully saturated rings. The van der Waals surface area contributed by atoms with E-state index in [2.05, 4.69) is 11.3 Å². The highest BCUT2D eigenvalue weighted by Gasteiger charge is 2.22. The van der Waals surface area contributed by atoms with Crippen molar-refractivity contribution < 1.29 is 17.9 Å². The van der Waals surface area contributed by atoms with Gasteiger partial charge in [0.15, 0.2) is 11.5 Å².